The number of unbranched alkanes of at least 4 members (excludes halogenated alkanes) is 4. The Hall–Kier alpha value is -2.42. The van der Waals surface area contributed by atoms with Crippen LogP contribution in [0.2, 0.25) is 0 Å². The third-order valence-corrected chi connectivity index (χ3v) is 4.19. The van der Waals surface area contributed by atoms with Gasteiger partial charge in [0, 0.05) is 11.1 Å². The lowest BCUT2D eigenvalue weighted by atomic mass is 9.97. The van der Waals surface area contributed by atoms with Crippen molar-refractivity contribution in [1.82, 2.24) is 0 Å². The topological polar surface area (TPSA) is 54.4 Å². The summed E-state index contributed by atoms with van der Waals surface area (Å²) in [5.74, 6) is -1.33. The summed E-state index contributed by atoms with van der Waals surface area (Å²) in [7, 11) is 0. The van der Waals surface area contributed by atoms with Crippen LogP contribution in [0.3, 0.4) is 0 Å². The molecule has 3 heteroatoms. The summed E-state index contributed by atoms with van der Waals surface area (Å²) in [6, 6.07) is 13.9. The van der Waals surface area contributed by atoms with Crippen LogP contribution < -0.4 is 0 Å². The van der Waals surface area contributed by atoms with Gasteiger partial charge in [0.05, 0.1) is 5.56 Å². The lowest BCUT2D eigenvalue weighted by molar-refractivity contribution is 0.0693. The fraction of sp³-hybridized carbons (Fsp3) is 0.333. The predicted octanol–water partition coefficient (Wildman–Crippen LogP) is 5.13. The Morgan fingerprint density at radius 2 is 1.46 bits per heavy atom. The average molecular weight is 324 g/mol. The number of carboxylic acids is 1. The SMILES string of the molecule is CCCCCCCc1ccc(C(=O)c2ccccc2C(=O)O)cc1. The third kappa shape index (κ3) is 4.79. The highest BCUT2D eigenvalue weighted by Crippen LogP contribution is 2.16. The first-order chi connectivity index (χ1) is 11.6. The molecule has 0 fully saturated rings. The molecule has 2 rings (SSSR count). The quantitative estimate of drug-likeness (QED) is 0.514. The highest BCUT2D eigenvalue weighted by Gasteiger charge is 2.17. The molecule has 0 heterocycles. The number of ketones is 1. The van der Waals surface area contributed by atoms with Crippen molar-refractivity contribution < 1.29 is 14.7 Å². The van der Waals surface area contributed by atoms with E-state index >= 15 is 0 Å². The van der Waals surface area contributed by atoms with E-state index in [4.69, 9.17) is 0 Å². The number of aromatic carboxylic acids is 1. The maximum atomic E-state index is 12.6. The molecule has 0 aliphatic heterocycles. The van der Waals surface area contributed by atoms with Crippen molar-refractivity contribution in [3.05, 3.63) is 70.8 Å². The van der Waals surface area contributed by atoms with Crippen LogP contribution in [-0.4, -0.2) is 16.9 Å². The van der Waals surface area contributed by atoms with Crippen molar-refractivity contribution in [1.29, 1.82) is 0 Å². The van der Waals surface area contributed by atoms with Crippen LogP contribution >= 0.6 is 0 Å². The van der Waals surface area contributed by atoms with Crippen molar-refractivity contribution in [3.63, 3.8) is 0 Å². The van der Waals surface area contributed by atoms with E-state index in [2.05, 4.69) is 6.92 Å². The number of carboxylic acid groups (broad SMARTS) is 1. The van der Waals surface area contributed by atoms with Crippen LogP contribution in [0.1, 0.15) is 70.9 Å². The Bertz CT molecular complexity index is 686. The Balaban J connectivity index is 2.03. The zero-order chi connectivity index (χ0) is 17.4. The smallest absolute Gasteiger partial charge is 0.336 e. The second-order valence-electron chi connectivity index (χ2n) is 6.04. The van der Waals surface area contributed by atoms with Gasteiger partial charge in [-0.3, -0.25) is 4.79 Å². The minimum Gasteiger partial charge on any atom is -0.478 e. The molecule has 0 aromatic heterocycles. The summed E-state index contributed by atoms with van der Waals surface area (Å²) in [5, 5.41) is 9.21. The molecule has 2 aromatic carbocycles. The van der Waals surface area contributed by atoms with Crippen LogP contribution in [0.15, 0.2) is 48.5 Å². The fourth-order valence-electron chi connectivity index (χ4n) is 2.78. The summed E-state index contributed by atoms with van der Waals surface area (Å²) in [6.45, 7) is 2.21. The number of benzene rings is 2. The highest BCUT2D eigenvalue weighted by atomic mass is 16.4. The number of hydrogen-bond donors (Lipinski definition) is 1. The van der Waals surface area contributed by atoms with Crippen LogP contribution in [0.4, 0.5) is 0 Å². The molecule has 0 radical (unpaired) electrons. The molecule has 0 saturated heterocycles. The molecular weight excluding hydrogens is 300 g/mol. The minimum absolute atomic E-state index is 0.0440. The maximum Gasteiger partial charge on any atom is 0.336 e. The molecule has 24 heavy (non-hydrogen) atoms. The fourth-order valence-corrected chi connectivity index (χ4v) is 2.78. The van der Waals surface area contributed by atoms with E-state index in [9.17, 15) is 14.7 Å². The predicted molar refractivity (Wildman–Crippen MR) is 95.7 cm³/mol. The van der Waals surface area contributed by atoms with Gasteiger partial charge in [-0.1, -0.05) is 75.1 Å². The first-order valence-electron chi connectivity index (χ1n) is 8.59. The monoisotopic (exact) mass is 324 g/mol. The van der Waals surface area contributed by atoms with Crippen molar-refractivity contribution >= 4 is 11.8 Å². The average Bonchev–Trinajstić information content (AvgIpc) is 2.61. The van der Waals surface area contributed by atoms with Crippen molar-refractivity contribution in [2.75, 3.05) is 0 Å². The molecule has 126 valence electrons. The molecular formula is C21H24O3. The van der Waals surface area contributed by atoms with Gasteiger partial charge in [-0.2, -0.15) is 0 Å². The van der Waals surface area contributed by atoms with Gasteiger partial charge in [0.1, 0.15) is 0 Å². The van der Waals surface area contributed by atoms with E-state index in [1.54, 1.807) is 30.3 Å². The Kier molecular flexibility index (Phi) is 6.74. The van der Waals surface area contributed by atoms with Crippen LogP contribution in [-0.2, 0) is 6.42 Å². The summed E-state index contributed by atoms with van der Waals surface area (Å²) in [4.78, 5) is 23.8. The van der Waals surface area contributed by atoms with E-state index in [-0.39, 0.29) is 16.9 Å². The van der Waals surface area contributed by atoms with Gasteiger partial charge < -0.3 is 5.11 Å². The normalized spacial score (nSPS) is 10.5. The summed E-state index contributed by atoms with van der Waals surface area (Å²) >= 11 is 0. The Morgan fingerprint density at radius 3 is 2.08 bits per heavy atom. The summed E-state index contributed by atoms with van der Waals surface area (Å²) in [5.41, 5.74) is 2.02. The van der Waals surface area contributed by atoms with E-state index < -0.39 is 5.97 Å². The van der Waals surface area contributed by atoms with E-state index in [0.717, 1.165) is 12.8 Å². The molecule has 3 nitrogen and oxygen atoms in total. The second kappa shape index (κ2) is 9.02. The lowest BCUT2D eigenvalue weighted by Crippen LogP contribution is -2.09. The summed E-state index contributed by atoms with van der Waals surface area (Å²) < 4.78 is 0. The van der Waals surface area contributed by atoms with Crippen molar-refractivity contribution in [3.8, 4) is 0 Å². The Labute approximate surface area is 143 Å². The zero-order valence-corrected chi connectivity index (χ0v) is 14.1. The maximum absolute atomic E-state index is 12.6. The number of aryl methyl sites for hydroxylation is 1. The Morgan fingerprint density at radius 1 is 0.833 bits per heavy atom. The number of hydrogen-bond acceptors (Lipinski definition) is 2. The molecule has 2 aromatic rings. The first-order valence-corrected chi connectivity index (χ1v) is 8.59. The van der Waals surface area contributed by atoms with Gasteiger partial charge in [-0.15, -0.1) is 0 Å². The molecule has 0 aliphatic carbocycles. The van der Waals surface area contributed by atoms with Crippen LogP contribution in [0.5, 0.6) is 0 Å². The number of carbonyl (C=O) groups is 2. The van der Waals surface area contributed by atoms with Gasteiger partial charge in [0.2, 0.25) is 0 Å². The van der Waals surface area contributed by atoms with Gasteiger partial charge in [0.25, 0.3) is 0 Å². The molecule has 0 amide bonds. The standard InChI is InChI=1S/C21H24O3/c1-2-3-4-5-6-9-16-12-14-17(15-13-16)20(22)18-10-7-8-11-19(18)21(23)24/h7-8,10-15H,2-6,9H2,1H3,(H,23,24). The number of rotatable bonds is 9. The second-order valence-corrected chi connectivity index (χ2v) is 6.04. The van der Waals surface area contributed by atoms with Crippen LogP contribution in [0, 0.1) is 0 Å². The van der Waals surface area contributed by atoms with Gasteiger partial charge in [-0.05, 0) is 24.5 Å². The molecule has 0 spiro atoms. The number of carbonyl (C=O) groups excluding carboxylic acids is 1. The molecule has 0 aliphatic rings. The van der Waals surface area contributed by atoms with Crippen molar-refractivity contribution in [2.45, 2.75) is 45.4 Å². The molecule has 0 atom stereocenters. The molecule has 0 bridgehead atoms. The first kappa shape index (κ1) is 17.9. The van der Waals surface area contributed by atoms with E-state index in [0.29, 0.717) is 5.56 Å². The third-order valence-electron chi connectivity index (χ3n) is 4.19. The van der Waals surface area contributed by atoms with Gasteiger partial charge in [-0.25, -0.2) is 4.79 Å². The highest BCUT2D eigenvalue weighted by molar-refractivity contribution is 6.14. The largest absolute Gasteiger partial charge is 0.478 e. The molecule has 0 unspecified atom stereocenters. The van der Waals surface area contributed by atoms with E-state index in [1.807, 2.05) is 12.1 Å². The van der Waals surface area contributed by atoms with Gasteiger partial charge >= 0.3 is 5.97 Å². The summed E-state index contributed by atoms with van der Waals surface area (Å²) in [6.07, 6.45) is 7.23. The zero-order valence-electron chi connectivity index (χ0n) is 14.1. The van der Waals surface area contributed by atoms with Crippen LogP contribution in [0.25, 0.3) is 0 Å². The molecule has 1 N–H and O–H groups in total. The van der Waals surface area contributed by atoms with E-state index in [1.165, 1.54) is 37.3 Å². The lowest BCUT2D eigenvalue weighted by Gasteiger charge is -2.07. The minimum atomic E-state index is -1.08. The van der Waals surface area contributed by atoms with Crippen molar-refractivity contribution in [2.24, 2.45) is 0 Å². The molecule has 0 saturated carbocycles. The van der Waals surface area contributed by atoms with Gasteiger partial charge in [0.15, 0.2) is 5.78 Å².